The molecule has 0 saturated heterocycles. The number of hydrogen-bond acceptors (Lipinski definition) is 3. The lowest BCUT2D eigenvalue weighted by atomic mass is 10.1. The second-order valence-corrected chi connectivity index (χ2v) is 5.53. The largest absolute Gasteiger partial charge is 0.350 e. The van der Waals surface area contributed by atoms with Gasteiger partial charge in [0, 0.05) is 11.1 Å². The Bertz CT molecular complexity index is 577. The van der Waals surface area contributed by atoms with Gasteiger partial charge in [0.2, 0.25) is 5.91 Å². The number of hydrogen-bond donors (Lipinski definition) is 3. The van der Waals surface area contributed by atoms with Crippen molar-refractivity contribution in [2.75, 3.05) is 13.1 Å². The number of benzene rings is 1. The molecule has 0 aliphatic carbocycles. The predicted octanol–water partition coefficient (Wildman–Crippen LogP) is 0.641. The summed E-state index contributed by atoms with van der Waals surface area (Å²) in [4.78, 5) is 23.8. The van der Waals surface area contributed by atoms with E-state index in [4.69, 9.17) is 5.73 Å². The molecule has 0 heterocycles. The third kappa shape index (κ3) is 6.11. The fourth-order valence-electron chi connectivity index (χ4n) is 1.65. The van der Waals surface area contributed by atoms with E-state index in [0.717, 1.165) is 0 Å². The van der Waals surface area contributed by atoms with Gasteiger partial charge in [-0.15, -0.1) is 0 Å². The number of carbonyl (C=O) groups is 2. The maximum atomic E-state index is 12.1. The molecule has 1 rings (SSSR count). The maximum Gasteiger partial charge on any atom is 0.252 e. The highest BCUT2D eigenvalue weighted by Crippen LogP contribution is 2.07. The van der Waals surface area contributed by atoms with E-state index in [9.17, 15) is 9.59 Å². The lowest BCUT2D eigenvalue weighted by Gasteiger charge is -2.20. The molecule has 0 unspecified atom stereocenters. The zero-order valence-corrected chi connectivity index (χ0v) is 12.6. The van der Waals surface area contributed by atoms with Crippen LogP contribution in [0.5, 0.6) is 0 Å². The molecule has 0 aliphatic heterocycles. The average Bonchev–Trinajstić information content (AvgIpc) is 2.41. The first-order chi connectivity index (χ1) is 9.83. The van der Waals surface area contributed by atoms with E-state index >= 15 is 0 Å². The van der Waals surface area contributed by atoms with Crippen LogP contribution in [0.1, 0.15) is 36.7 Å². The van der Waals surface area contributed by atoms with Crippen molar-refractivity contribution in [1.29, 1.82) is 0 Å². The molecule has 112 valence electrons. The molecule has 5 heteroatoms. The van der Waals surface area contributed by atoms with Crippen LogP contribution in [0.25, 0.3) is 0 Å². The third-order valence-electron chi connectivity index (χ3n) is 2.42. The van der Waals surface area contributed by atoms with E-state index < -0.39 is 0 Å². The highest BCUT2D eigenvalue weighted by atomic mass is 16.2. The highest BCUT2D eigenvalue weighted by molar-refractivity contribution is 5.98. The van der Waals surface area contributed by atoms with Crippen LogP contribution in [-0.2, 0) is 4.79 Å². The second kappa shape index (κ2) is 7.46. The zero-order valence-electron chi connectivity index (χ0n) is 12.6. The summed E-state index contributed by atoms with van der Waals surface area (Å²) in [7, 11) is 0. The number of carbonyl (C=O) groups excluding carboxylic acids is 2. The van der Waals surface area contributed by atoms with Crippen LogP contribution in [0.4, 0.5) is 0 Å². The summed E-state index contributed by atoms with van der Waals surface area (Å²) >= 11 is 0. The van der Waals surface area contributed by atoms with Crippen LogP contribution in [0.15, 0.2) is 24.3 Å². The molecule has 0 spiro atoms. The summed E-state index contributed by atoms with van der Waals surface area (Å²) in [5, 5.41) is 5.36. The van der Waals surface area contributed by atoms with E-state index in [2.05, 4.69) is 22.5 Å². The van der Waals surface area contributed by atoms with E-state index in [-0.39, 0.29) is 30.4 Å². The topological polar surface area (TPSA) is 84.2 Å². The number of nitrogens with two attached hydrogens (primary N) is 1. The number of rotatable bonds is 3. The van der Waals surface area contributed by atoms with E-state index in [1.54, 1.807) is 24.3 Å². The highest BCUT2D eigenvalue weighted by Gasteiger charge is 2.15. The molecular formula is C16H21N3O2. The Morgan fingerprint density at radius 2 is 1.90 bits per heavy atom. The third-order valence-corrected chi connectivity index (χ3v) is 2.42. The molecule has 0 radical (unpaired) electrons. The molecule has 0 fully saturated rings. The Balaban J connectivity index is 2.71. The smallest absolute Gasteiger partial charge is 0.252 e. The van der Waals surface area contributed by atoms with E-state index in [0.29, 0.717) is 11.1 Å². The van der Waals surface area contributed by atoms with Gasteiger partial charge in [0.05, 0.1) is 18.7 Å². The normalized spacial score (nSPS) is 10.3. The summed E-state index contributed by atoms with van der Waals surface area (Å²) in [5.41, 5.74) is 6.03. The van der Waals surface area contributed by atoms with Crippen molar-refractivity contribution < 1.29 is 9.59 Å². The van der Waals surface area contributed by atoms with Crippen LogP contribution in [0, 0.1) is 11.8 Å². The molecule has 4 N–H and O–H groups in total. The lowest BCUT2D eigenvalue weighted by Crippen LogP contribution is -2.45. The van der Waals surface area contributed by atoms with Crippen LogP contribution < -0.4 is 16.4 Å². The quantitative estimate of drug-likeness (QED) is 0.713. The van der Waals surface area contributed by atoms with Crippen LogP contribution in [-0.4, -0.2) is 30.4 Å². The minimum absolute atomic E-state index is 0.0746. The van der Waals surface area contributed by atoms with Gasteiger partial charge in [-0.25, -0.2) is 0 Å². The molecule has 0 atom stereocenters. The Hall–Kier alpha value is -2.32. The summed E-state index contributed by atoms with van der Waals surface area (Å²) in [6.45, 7) is 5.79. The first-order valence-corrected chi connectivity index (χ1v) is 6.70. The van der Waals surface area contributed by atoms with Gasteiger partial charge in [-0.2, -0.15) is 0 Å². The van der Waals surface area contributed by atoms with Gasteiger partial charge in [0.25, 0.3) is 5.91 Å². The van der Waals surface area contributed by atoms with Crippen LogP contribution in [0.2, 0.25) is 0 Å². The Morgan fingerprint density at radius 1 is 1.24 bits per heavy atom. The van der Waals surface area contributed by atoms with E-state index in [1.165, 1.54) is 0 Å². The zero-order chi connectivity index (χ0) is 15.9. The molecule has 1 aromatic carbocycles. The molecular weight excluding hydrogens is 266 g/mol. The number of amides is 2. The molecule has 5 nitrogen and oxygen atoms in total. The molecule has 0 saturated carbocycles. The molecule has 0 aromatic heterocycles. The lowest BCUT2D eigenvalue weighted by molar-refractivity contribution is -0.121. The summed E-state index contributed by atoms with van der Waals surface area (Å²) in [6.07, 6.45) is 0. The average molecular weight is 287 g/mol. The summed E-state index contributed by atoms with van der Waals surface area (Å²) in [5.74, 6) is 4.99. The van der Waals surface area contributed by atoms with Crippen molar-refractivity contribution in [2.24, 2.45) is 5.73 Å². The van der Waals surface area contributed by atoms with Gasteiger partial charge in [-0.1, -0.05) is 24.0 Å². The minimum atomic E-state index is -0.332. The van der Waals surface area contributed by atoms with Crippen molar-refractivity contribution in [1.82, 2.24) is 10.6 Å². The van der Waals surface area contributed by atoms with Gasteiger partial charge in [0.1, 0.15) is 0 Å². The van der Waals surface area contributed by atoms with Gasteiger partial charge < -0.3 is 16.4 Å². The predicted molar refractivity (Wildman–Crippen MR) is 82.6 cm³/mol. The fourth-order valence-corrected chi connectivity index (χ4v) is 1.65. The van der Waals surface area contributed by atoms with Crippen LogP contribution >= 0.6 is 0 Å². The van der Waals surface area contributed by atoms with E-state index in [1.807, 2.05) is 20.8 Å². The van der Waals surface area contributed by atoms with Crippen LogP contribution in [0.3, 0.4) is 0 Å². The Labute approximate surface area is 125 Å². The van der Waals surface area contributed by atoms with Crippen molar-refractivity contribution in [2.45, 2.75) is 26.3 Å². The number of nitrogens with one attached hydrogen (secondary N) is 2. The van der Waals surface area contributed by atoms with Gasteiger partial charge in [0.15, 0.2) is 0 Å². The molecule has 1 aromatic rings. The molecule has 0 aliphatic rings. The second-order valence-electron chi connectivity index (χ2n) is 5.53. The van der Waals surface area contributed by atoms with Crippen molar-refractivity contribution in [3.05, 3.63) is 35.4 Å². The SMILES string of the molecule is CC(C)(C)NC(=O)CNC(=O)c1ccccc1C#CCN. The van der Waals surface area contributed by atoms with Crippen molar-refractivity contribution >= 4 is 11.8 Å². The fraction of sp³-hybridized carbons (Fsp3) is 0.375. The first-order valence-electron chi connectivity index (χ1n) is 6.70. The maximum absolute atomic E-state index is 12.1. The molecule has 21 heavy (non-hydrogen) atoms. The van der Waals surface area contributed by atoms with Crippen molar-refractivity contribution in [3.8, 4) is 11.8 Å². The van der Waals surface area contributed by atoms with Gasteiger partial charge >= 0.3 is 0 Å². The Morgan fingerprint density at radius 3 is 2.52 bits per heavy atom. The van der Waals surface area contributed by atoms with Gasteiger partial charge in [-0.3, -0.25) is 9.59 Å². The summed E-state index contributed by atoms with van der Waals surface area (Å²) < 4.78 is 0. The first kappa shape index (κ1) is 16.7. The standard InChI is InChI=1S/C16H21N3O2/c1-16(2,3)19-14(20)11-18-15(21)13-9-5-4-7-12(13)8-6-10-17/h4-5,7,9H,10-11,17H2,1-3H3,(H,18,21)(H,19,20). The summed E-state index contributed by atoms with van der Waals surface area (Å²) in [6, 6.07) is 6.95. The molecule has 0 bridgehead atoms. The monoisotopic (exact) mass is 287 g/mol. The van der Waals surface area contributed by atoms with Crippen molar-refractivity contribution in [3.63, 3.8) is 0 Å². The van der Waals surface area contributed by atoms with Gasteiger partial charge in [-0.05, 0) is 32.9 Å². The Kier molecular flexibility index (Phi) is 5.94. The molecule has 2 amide bonds. The minimum Gasteiger partial charge on any atom is -0.350 e.